The maximum Gasteiger partial charge on any atom is 0.227 e. The summed E-state index contributed by atoms with van der Waals surface area (Å²) in [6.45, 7) is 2.34. The van der Waals surface area contributed by atoms with Gasteiger partial charge in [0.15, 0.2) is 0 Å². The van der Waals surface area contributed by atoms with Crippen molar-refractivity contribution < 1.29 is 9.47 Å². The van der Waals surface area contributed by atoms with Crippen LogP contribution < -0.4 is 14.8 Å². The molecule has 2 aromatic heterocycles. The Hall–Kier alpha value is -4.52. The number of anilines is 2. The van der Waals surface area contributed by atoms with Gasteiger partial charge in [-0.05, 0) is 47.2 Å². The van der Waals surface area contributed by atoms with Gasteiger partial charge >= 0.3 is 0 Å². The number of nitrogens with one attached hydrogen (secondary N) is 1. The van der Waals surface area contributed by atoms with Gasteiger partial charge in [0.05, 0.1) is 24.9 Å². The van der Waals surface area contributed by atoms with Crippen molar-refractivity contribution in [2.75, 3.05) is 12.4 Å². The van der Waals surface area contributed by atoms with Gasteiger partial charge in [-0.2, -0.15) is 5.26 Å². The molecule has 10 heteroatoms. The van der Waals surface area contributed by atoms with Crippen molar-refractivity contribution >= 4 is 11.6 Å². The molecule has 10 nitrogen and oxygen atoms in total. The molecule has 0 unspecified atom stereocenters. The van der Waals surface area contributed by atoms with Crippen LogP contribution in [-0.2, 0) is 6.54 Å². The summed E-state index contributed by atoms with van der Waals surface area (Å²) in [5, 5.41) is 23.7. The zero-order chi connectivity index (χ0) is 22.3. The summed E-state index contributed by atoms with van der Waals surface area (Å²) in [5.41, 5.74) is 2.83. The van der Waals surface area contributed by atoms with E-state index < -0.39 is 0 Å². The van der Waals surface area contributed by atoms with Gasteiger partial charge in [-0.1, -0.05) is 18.2 Å². The molecule has 0 amide bonds. The van der Waals surface area contributed by atoms with E-state index in [0.717, 1.165) is 16.8 Å². The molecular weight excluding hydrogens is 408 g/mol. The highest BCUT2D eigenvalue weighted by atomic mass is 16.5. The summed E-state index contributed by atoms with van der Waals surface area (Å²) >= 11 is 0. The zero-order valence-corrected chi connectivity index (χ0v) is 17.5. The van der Waals surface area contributed by atoms with Crippen molar-refractivity contribution in [3.8, 4) is 28.7 Å². The summed E-state index contributed by atoms with van der Waals surface area (Å²) in [5.74, 6) is 1.62. The first-order valence-corrected chi connectivity index (χ1v) is 9.80. The largest absolute Gasteiger partial charge is 0.495 e. The van der Waals surface area contributed by atoms with Gasteiger partial charge < -0.3 is 14.8 Å². The lowest BCUT2D eigenvalue weighted by molar-refractivity contribution is 0.192. The molecule has 160 valence electrons. The van der Waals surface area contributed by atoms with E-state index in [2.05, 4.69) is 36.9 Å². The van der Waals surface area contributed by atoms with Crippen LogP contribution in [0.15, 0.2) is 61.2 Å². The third-order valence-electron chi connectivity index (χ3n) is 4.60. The van der Waals surface area contributed by atoms with Crippen LogP contribution in [0, 0.1) is 11.3 Å². The Morgan fingerprint density at radius 1 is 1.09 bits per heavy atom. The number of para-hydroxylation sites is 2. The minimum atomic E-state index is -0.246. The summed E-state index contributed by atoms with van der Waals surface area (Å²) in [7, 11) is 1.61. The molecule has 0 aliphatic carbocycles. The van der Waals surface area contributed by atoms with Crippen molar-refractivity contribution in [2.45, 2.75) is 19.6 Å². The van der Waals surface area contributed by atoms with E-state index in [1.54, 1.807) is 36.3 Å². The van der Waals surface area contributed by atoms with Gasteiger partial charge in [0.2, 0.25) is 5.95 Å². The molecule has 2 heterocycles. The van der Waals surface area contributed by atoms with Crippen LogP contribution in [0.25, 0.3) is 11.1 Å². The molecule has 1 atom stereocenters. The first-order valence-electron chi connectivity index (χ1n) is 9.80. The molecule has 0 fully saturated rings. The van der Waals surface area contributed by atoms with Crippen LogP contribution in [0.4, 0.5) is 11.6 Å². The second kappa shape index (κ2) is 9.53. The predicted octanol–water partition coefficient (Wildman–Crippen LogP) is 3.22. The quantitative estimate of drug-likeness (QED) is 0.450. The number of benzene rings is 2. The lowest BCUT2D eigenvalue weighted by Crippen LogP contribution is -2.20. The predicted molar refractivity (Wildman–Crippen MR) is 116 cm³/mol. The highest BCUT2D eigenvalue weighted by Gasteiger charge is 2.12. The third-order valence-corrected chi connectivity index (χ3v) is 4.60. The van der Waals surface area contributed by atoms with Crippen molar-refractivity contribution in [1.82, 2.24) is 30.2 Å². The average Bonchev–Trinajstić information content (AvgIpc) is 3.33. The molecule has 2 aromatic carbocycles. The molecule has 4 rings (SSSR count). The van der Waals surface area contributed by atoms with Gasteiger partial charge in [0, 0.05) is 18.0 Å². The number of rotatable bonds is 8. The first kappa shape index (κ1) is 20.7. The van der Waals surface area contributed by atoms with Crippen LogP contribution >= 0.6 is 0 Å². The van der Waals surface area contributed by atoms with Gasteiger partial charge in [-0.25, -0.2) is 14.6 Å². The minimum Gasteiger partial charge on any atom is -0.495 e. The lowest BCUT2D eigenvalue weighted by Gasteiger charge is -2.16. The maximum absolute atomic E-state index is 9.46. The van der Waals surface area contributed by atoms with Crippen molar-refractivity contribution in [2.24, 2.45) is 0 Å². The Morgan fingerprint density at radius 3 is 2.62 bits per heavy atom. The van der Waals surface area contributed by atoms with Gasteiger partial charge in [0.1, 0.15) is 30.0 Å². The molecule has 0 aliphatic heterocycles. The number of nitriles is 1. The summed E-state index contributed by atoms with van der Waals surface area (Å²) < 4.78 is 12.9. The van der Waals surface area contributed by atoms with Crippen LogP contribution in [0.5, 0.6) is 11.5 Å². The average molecular weight is 428 g/mol. The second-order valence-electron chi connectivity index (χ2n) is 6.90. The van der Waals surface area contributed by atoms with E-state index in [4.69, 9.17) is 9.47 Å². The Bertz CT molecular complexity index is 1220. The Morgan fingerprint density at radius 2 is 1.91 bits per heavy atom. The van der Waals surface area contributed by atoms with Crippen LogP contribution in [-0.4, -0.2) is 43.4 Å². The first-order chi connectivity index (χ1) is 15.7. The standard InChI is InChI=1S/C22H20N8O2/c1-15(13-30-14-26-28-29-30)32-21-9-16(7-8-17(21)10-23)18-11-24-22(25-12-18)27-19-5-3-4-6-20(19)31-2/h3-9,11-12,14-15H,13H2,1-2H3,(H,24,25,27)/t15-/m0/s1. The normalized spacial score (nSPS) is 11.4. The molecule has 0 spiro atoms. The Labute approximate surface area is 184 Å². The number of methoxy groups -OCH3 is 1. The van der Waals surface area contributed by atoms with Gasteiger partial charge in [0.25, 0.3) is 0 Å². The van der Waals surface area contributed by atoms with E-state index in [9.17, 15) is 5.26 Å². The molecule has 4 aromatic rings. The Balaban J connectivity index is 1.52. The van der Waals surface area contributed by atoms with Gasteiger partial charge in [-0.3, -0.25) is 0 Å². The molecule has 32 heavy (non-hydrogen) atoms. The highest BCUT2D eigenvalue weighted by molar-refractivity contribution is 5.67. The number of hydrogen-bond donors (Lipinski definition) is 1. The number of hydrogen-bond acceptors (Lipinski definition) is 9. The van der Waals surface area contributed by atoms with Crippen LogP contribution in [0.3, 0.4) is 0 Å². The fourth-order valence-electron chi connectivity index (χ4n) is 3.08. The zero-order valence-electron chi connectivity index (χ0n) is 17.5. The van der Waals surface area contributed by atoms with Crippen molar-refractivity contribution in [3.05, 3.63) is 66.7 Å². The van der Waals surface area contributed by atoms with Crippen LogP contribution in [0.1, 0.15) is 12.5 Å². The summed E-state index contributed by atoms with van der Waals surface area (Å²) in [4.78, 5) is 8.80. The van der Waals surface area contributed by atoms with E-state index in [1.165, 1.54) is 6.33 Å². The monoisotopic (exact) mass is 428 g/mol. The fraction of sp³-hybridized carbons (Fsp3) is 0.182. The number of aromatic nitrogens is 6. The Kier molecular flexibility index (Phi) is 6.17. The molecule has 0 saturated heterocycles. The fourth-order valence-corrected chi connectivity index (χ4v) is 3.08. The minimum absolute atomic E-state index is 0.246. The van der Waals surface area contributed by atoms with Crippen molar-refractivity contribution in [1.29, 1.82) is 5.26 Å². The van der Waals surface area contributed by atoms with Crippen LogP contribution in [0.2, 0.25) is 0 Å². The van der Waals surface area contributed by atoms with E-state index in [-0.39, 0.29) is 6.10 Å². The smallest absolute Gasteiger partial charge is 0.227 e. The van der Waals surface area contributed by atoms with E-state index in [1.807, 2.05) is 37.3 Å². The second-order valence-corrected chi connectivity index (χ2v) is 6.90. The van der Waals surface area contributed by atoms with E-state index >= 15 is 0 Å². The summed E-state index contributed by atoms with van der Waals surface area (Å²) in [6.07, 6.45) is 4.69. The number of ether oxygens (including phenoxy) is 2. The topological polar surface area (TPSA) is 124 Å². The van der Waals surface area contributed by atoms with Crippen molar-refractivity contribution in [3.63, 3.8) is 0 Å². The number of tetrazole rings is 1. The molecule has 0 saturated carbocycles. The summed E-state index contributed by atoms with van der Waals surface area (Å²) in [6, 6.07) is 15.1. The molecule has 0 bridgehead atoms. The molecular formula is C22H20N8O2. The van der Waals surface area contributed by atoms with Gasteiger partial charge in [-0.15, -0.1) is 5.10 Å². The highest BCUT2D eigenvalue weighted by Crippen LogP contribution is 2.29. The lowest BCUT2D eigenvalue weighted by atomic mass is 10.1. The molecule has 0 aliphatic rings. The number of nitrogens with zero attached hydrogens (tertiary/aromatic N) is 7. The van der Waals surface area contributed by atoms with E-state index in [0.29, 0.717) is 29.6 Å². The SMILES string of the molecule is COc1ccccc1Nc1ncc(-c2ccc(C#N)c(O[C@@H](C)Cn3cnnn3)c2)cn1. The third kappa shape index (κ3) is 4.79. The maximum atomic E-state index is 9.46. The molecule has 1 N–H and O–H groups in total. The molecule has 0 radical (unpaired) electrons.